The van der Waals surface area contributed by atoms with Gasteiger partial charge in [-0.25, -0.2) is 13.1 Å². The summed E-state index contributed by atoms with van der Waals surface area (Å²) in [6.45, 7) is 2.25. The molecule has 0 bridgehead atoms. The smallest absolute Gasteiger partial charge is 0.242 e. The fraction of sp³-hybridized carbons (Fsp3) is 0.636. The van der Waals surface area contributed by atoms with Crippen molar-refractivity contribution in [2.45, 2.75) is 49.6 Å². The zero-order valence-corrected chi connectivity index (χ0v) is 11.5. The standard InChI is InChI=1S/C11H18N2O2S2/c1-11(5-2-3-6-11)13-17(14,15)10-4-7-16-9(10)8-12/h4,7,13H,2-3,5-6,8,12H2,1H3. The summed E-state index contributed by atoms with van der Waals surface area (Å²) < 4.78 is 27.4. The Bertz CT molecular complexity index is 487. The second-order valence-electron chi connectivity index (χ2n) is 4.79. The van der Waals surface area contributed by atoms with Crippen LogP contribution in [0, 0.1) is 0 Å². The van der Waals surface area contributed by atoms with E-state index < -0.39 is 10.0 Å². The first-order valence-corrected chi connectivity index (χ1v) is 8.14. The average Bonchev–Trinajstić information content (AvgIpc) is 2.85. The molecule has 1 aliphatic carbocycles. The summed E-state index contributed by atoms with van der Waals surface area (Å²) >= 11 is 1.39. The molecule has 1 aromatic rings. The molecule has 17 heavy (non-hydrogen) atoms. The van der Waals surface area contributed by atoms with Crippen LogP contribution in [0.5, 0.6) is 0 Å². The topological polar surface area (TPSA) is 72.2 Å². The summed E-state index contributed by atoms with van der Waals surface area (Å²) in [5.41, 5.74) is 5.27. The van der Waals surface area contributed by atoms with Gasteiger partial charge in [0.25, 0.3) is 0 Å². The van der Waals surface area contributed by atoms with Gasteiger partial charge in [-0.2, -0.15) is 0 Å². The minimum absolute atomic E-state index is 0.268. The highest BCUT2D eigenvalue weighted by molar-refractivity contribution is 7.89. The molecule has 0 amide bonds. The molecule has 0 spiro atoms. The van der Waals surface area contributed by atoms with Gasteiger partial charge in [0.2, 0.25) is 10.0 Å². The van der Waals surface area contributed by atoms with E-state index in [0.29, 0.717) is 4.90 Å². The normalized spacial score (nSPS) is 19.6. The zero-order valence-electron chi connectivity index (χ0n) is 9.90. The molecule has 0 unspecified atom stereocenters. The van der Waals surface area contributed by atoms with Gasteiger partial charge in [0.05, 0.1) is 4.90 Å². The zero-order chi connectivity index (χ0) is 12.5. The van der Waals surface area contributed by atoms with Crippen LogP contribution in [0.25, 0.3) is 0 Å². The van der Waals surface area contributed by atoms with E-state index in [1.54, 1.807) is 11.4 Å². The second kappa shape index (κ2) is 4.68. The molecule has 1 aliphatic rings. The SMILES string of the molecule is CC1(NS(=O)(=O)c2ccsc2CN)CCCC1. The Balaban J connectivity index is 2.25. The maximum Gasteiger partial charge on any atom is 0.242 e. The summed E-state index contributed by atoms with van der Waals surface area (Å²) in [7, 11) is -3.42. The maximum absolute atomic E-state index is 12.3. The molecule has 1 saturated carbocycles. The fourth-order valence-corrected chi connectivity index (χ4v) is 5.16. The Hall–Kier alpha value is -0.430. The maximum atomic E-state index is 12.3. The first-order chi connectivity index (χ1) is 7.97. The van der Waals surface area contributed by atoms with Crippen LogP contribution in [0.3, 0.4) is 0 Å². The second-order valence-corrected chi connectivity index (χ2v) is 7.44. The first kappa shape index (κ1) is 13.0. The highest BCUT2D eigenvalue weighted by Crippen LogP contribution is 2.31. The Labute approximate surface area is 106 Å². The number of rotatable bonds is 4. The fourth-order valence-electron chi connectivity index (χ4n) is 2.35. The Kier molecular flexibility index (Phi) is 3.58. The van der Waals surface area contributed by atoms with Crippen molar-refractivity contribution >= 4 is 21.4 Å². The van der Waals surface area contributed by atoms with Crippen molar-refractivity contribution in [3.05, 3.63) is 16.3 Å². The van der Waals surface area contributed by atoms with Crippen LogP contribution >= 0.6 is 11.3 Å². The molecule has 6 heteroatoms. The molecule has 0 atom stereocenters. The molecule has 0 aromatic carbocycles. The number of sulfonamides is 1. The van der Waals surface area contributed by atoms with Crippen LogP contribution in [0.4, 0.5) is 0 Å². The number of thiophene rings is 1. The summed E-state index contributed by atoms with van der Waals surface area (Å²) in [5, 5.41) is 1.77. The molecule has 1 aromatic heterocycles. The monoisotopic (exact) mass is 274 g/mol. The Morgan fingerprint density at radius 3 is 2.71 bits per heavy atom. The van der Waals surface area contributed by atoms with Gasteiger partial charge in [0.1, 0.15) is 0 Å². The predicted octanol–water partition coefficient (Wildman–Crippen LogP) is 1.82. The van der Waals surface area contributed by atoms with E-state index in [1.807, 2.05) is 6.92 Å². The van der Waals surface area contributed by atoms with Crippen molar-refractivity contribution in [3.8, 4) is 0 Å². The third kappa shape index (κ3) is 2.70. The summed E-state index contributed by atoms with van der Waals surface area (Å²) in [6.07, 6.45) is 4.00. The van der Waals surface area contributed by atoms with Crippen LogP contribution in [0.1, 0.15) is 37.5 Å². The third-order valence-corrected chi connectivity index (χ3v) is 6.06. The van der Waals surface area contributed by atoms with E-state index in [2.05, 4.69) is 4.72 Å². The third-order valence-electron chi connectivity index (χ3n) is 3.27. The van der Waals surface area contributed by atoms with Crippen LogP contribution < -0.4 is 10.5 Å². The largest absolute Gasteiger partial charge is 0.326 e. The van der Waals surface area contributed by atoms with Crippen molar-refractivity contribution in [3.63, 3.8) is 0 Å². The van der Waals surface area contributed by atoms with Crippen LogP contribution in [-0.2, 0) is 16.6 Å². The minimum atomic E-state index is -3.42. The molecular formula is C11H18N2O2S2. The quantitative estimate of drug-likeness (QED) is 0.879. The lowest BCUT2D eigenvalue weighted by Crippen LogP contribution is -2.43. The van der Waals surface area contributed by atoms with E-state index in [0.717, 1.165) is 30.6 Å². The summed E-state index contributed by atoms with van der Waals surface area (Å²) in [6, 6.07) is 1.63. The molecule has 1 heterocycles. The van der Waals surface area contributed by atoms with E-state index in [1.165, 1.54) is 11.3 Å². The summed E-state index contributed by atoms with van der Waals surface area (Å²) in [4.78, 5) is 1.07. The number of nitrogens with one attached hydrogen (secondary N) is 1. The highest BCUT2D eigenvalue weighted by atomic mass is 32.2. The molecule has 0 saturated heterocycles. The van der Waals surface area contributed by atoms with Crippen molar-refractivity contribution in [1.82, 2.24) is 4.72 Å². The molecule has 2 rings (SSSR count). The van der Waals surface area contributed by atoms with Gasteiger partial charge in [-0.15, -0.1) is 11.3 Å². The lowest BCUT2D eigenvalue weighted by atomic mass is 10.0. The number of hydrogen-bond donors (Lipinski definition) is 2. The minimum Gasteiger partial charge on any atom is -0.326 e. The van der Waals surface area contributed by atoms with Gasteiger partial charge < -0.3 is 5.73 Å². The van der Waals surface area contributed by atoms with Crippen LogP contribution in [0.15, 0.2) is 16.3 Å². The molecule has 4 nitrogen and oxygen atoms in total. The van der Waals surface area contributed by atoms with Gasteiger partial charge in [-0.1, -0.05) is 12.8 Å². The van der Waals surface area contributed by atoms with Gasteiger partial charge in [-0.05, 0) is 31.2 Å². The Morgan fingerprint density at radius 2 is 2.12 bits per heavy atom. The van der Waals surface area contributed by atoms with Gasteiger partial charge in [0, 0.05) is 17.0 Å². The lowest BCUT2D eigenvalue weighted by molar-refractivity contribution is 0.427. The van der Waals surface area contributed by atoms with E-state index in [9.17, 15) is 8.42 Å². The van der Waals surface area contributed by atoms with Crippen molar-refractivity contribution in [2.24, 2.45) is 5.73 Å². The molecule has 96 valence electrons. The number of nitrogens with two attached hydrogens (primary N) is 1. The molecular weight excluding hydrogens is 256 g/mol. The Morgan fingerprint density at radius 1 is 1.47 bits per heavy atom. The van der Waals surface area contributed by atoms with Crippen LogP contribution in [0.2, 0.25) is 0 Å². The van der Waals surface area contributed by atoms with E-state index in [4.69, 9.17) is 5.73 Å². The lowest BCUT2D eigenvalue weighted by Gasteiger charge is -2.24. The van der Waals surface area contributed by atoms with Crippen molar-refractivity contribution in [2.75, 3.05) is 0 Å². The van der Waals surface area contributed by atoms with E-state index >= 15 is 0 Å². The first-order valence-electron chi connectivity index (χ1n) is 5.77. The average molecular weight is 274 g/mol. The van der Waals surface area contributed by atoms with Gasteiger partial charge in [0.15, 0.2) is 0 Å². The van der Waals surface area contributed by atoms with Gasteiger partial charge >= 0.3 is 0 Å². The molecule has 0 radical (unpaired) electrons. The molecule has 1 fully saturated rings. The summed E-state index contributed by atoms with van der Waals surface area (Å²) in [5.74, 6) is 0. The van der Waals surface area contributed by atoms with Gasteiger partial charge in [-0.3, -0.25) is 0 Å². The van der Waals surface area contributed by atoms with Crippen molar-refractivity contribution in [1.29, 1.82) is 0 Å². The predicted molar refractivity (Wildman–Crippen MR) is 69.4 cm³/mol. The highest BCUT2D eigenvalue weighted by Gasteiger charge is 2.34. The molecule has 0 aliphatic heterocycles. The molecule has 3 N–H and O–H groups in total. The number of hydrogen-bond acceptors (Lipinski definition) is 4. The van der Waals surface area contributed by atoms with Crippen LogP contribution in [-0.4, -0.2) is 14.0 Å². The van der Waals surface area contributed by atoms with E-state index in [-0.39, 0.29) is 12.1 Å². The van der Waals surface area contributed by atoms with Crippen molar-refractivity contribution < 1.29 is 8.42 Å².